The summed E-state index contributed by atoms with van der Waals surface area (Å²) < 4.78 is 5.04. The summed E-state index contributed by atoms with van der Waals surface area (Å²) in [6.45, 7) is 6.42. The average molecular weight is 199 g/mol. The molecular formula is C11H21NO2. The van der Waals surface area contributed by atoms with Gasteiger partial charge in [-0.3, -0.25) is 4.79 Å². The minimum absolute atomic E-state index is 0.223. The molecule has 0 aromatic carbocycles. The molecule has 3 nitrogen and oxygen atoms in total. The molecule has 0 radical (unpaired) electrons. The number of carbonyl (C=O) groups excluding carboxylic acids is 1. The monoisotopic (exact) mass is 199 g/mol. The van der Waals surface area contributed by atoms with E-state index in [1.807, 2.05) is 13.8 Å². The molecule has 2 N–H and O–H groups in total. The van der Waals surface area contributed by atoms with E-state index in [2.05, 4.69) is 6.92 Å². The van der Waals surface area contributed by atoms with Gasteiger partial charge in [-0.2, -0.15) is 0 Å². The van der Waals surface area contributed by atoms with Crippen molar-refractivity contribution in [3.05, 3.63) is 0 Å². The number of rotatable bonds is 2. The molecule has 3 atom stereocenters. The fraction of sp³-hybridized carbons (Fsp3) is 0.909. The van der Waals surface area contributed by atoms with Gasteiger partial charge in [0.15, 0.2) is 0 Å². The Morgan fingerprint density at radius 1 is 1.50 bits per heavy atom. The van der Waals surface area contributed by atoms with Crippen LogP contribution in [0.15, 0.2) is 0 Å². The van der Waals surface area contributed by atoms with Crippen molar-refractivity contribution in [2.45, 2.75) is 45.6 Å². The maximum absolute atomic E-state index is 11.7. The van der Waals surface area contributed by atoms with E-state index in [9.17, 15) is 4.79 Å². The highest BCUT2D eigenvalue weighted by Crippen LogP contribution is 2.35. The molecule has 0 aromatic heterocycles. The summed E-state index contributed by atoms with van der Waals surface area (Å²) >= 11 is 0. The standard InChI is InChI=1S/C11H21NO2/c1-4-14-10(13)11(12)7-8(2)5-6-9(11)3/h8-9H,4-7,12H2,1-3H3. The predicted molar refractivity (Wildman–Crippen MR) is 55.7 cm³/mol. The van der Waals surface area contributed by atoms with Crippen LogP contribution < -0.4 is 5.73 Å². The summed E-state index contributed by atoms with van der Waals surface area (Å²) in [7, 11) is 0. The van der Waals surface area contributed by atoms with Crippen molar-refractivity contribution in [2.24, 2.45) is 17.6 Å². The molecule has 0 amide bonds. The molecule has 0 heterocycles. The zero-order valence-corrected chi connectivity index (χ0v) is 9.38. The van der Waals surface area contributed by atoms with E-state index in [1.165, 1.54) is 6.42 Å². The molecule has 0 aliphatic heterocycles. The second-order valence-electron chi connectivity index (χ2n) is 4.55. The Morgan fingerprint density at radius 2 is 2.14 bits per heavy atom. The molecule has 0 spiro atoms. The van der Waals surface area contributed by atoms with Gasteiger partial charge in [-0.15, -0.1) is 0 Å². The van der Waals surface area contributed by atoms with Gasteiger partial charge in [-0.1, -0.05) is 20.3 Å². The molecule has 3 unspecified atom stereocenters. The lowest BCUT2D eigenvalue weighted by Gasteiger charge is -2.39. The maximum atomic E-state index is 11.7. The van der Waals surface area contributed by atoms with Gasteiger partial charge in [0.2, 0.25) is 0 Å². The molecule has 0 aromatic rings. The minimum Gasteiger partial charge on any atom is -0.465 e. The molecule has 1 aliphatic carbocycles. The summed E-state index contributed by atoms with van der Waals surface area (Å²) in [6, 6.07) is 0. The molecule has 3 heteroatoms. The highest BCUT2D eigenvalue weighted by Gasteiger charge is 2.44. The van der Waals surface area contributed by atoms with Crippen LogP contribution in [0.25, 0.3) is 0 Å². The van der Waals surface area contributed by atoms with E-state index < -0.39 is 5.54 Å². The van der Waals surface area contributed by atoms with Crippen LogP contribution in [0.4, 0.5) is 0 Å². The Bertz CT molecular complexity index is 217. The van der Waals surface area contributed by atoms with Gasteiger partial charge in [0.1, 0.15) is 5.54 Å². The van der Waals surface area contributed by atoms with Crippen LogP contribution in [0.5, 0.6) is 0 Å². The summed E-state index contributed by atoms with van der Waals surface area (Å²) in [5.74, 6) is 0.539. The first-order valence-corrected chi connectivity index (χ1v) is 5.46. The van der Waals surface area contributed by atoms with Gasteiger partial charge >= 0.3 is 5.97 Å². The van der Waals surface area contributed by atoms with Crippen LogP contribution in [-0.4, -0.2) is 18.1 Å². The Hall–Kier alpha value is -0.570. The van der Waals surface area contributed by atoms with Gasteiger partial charge in [0.25, 0.3) is 0 Å². The molecular weight excluding hydrogens is 178 g/mol. The van der Waals surface area contributed by atoms with Crippen molar-refractivity contribution in [3.63, 3.8) is 0 Å². The van der Waals surface area contributed by atoms with Crippen LogP contribution >= 0.6 is 0 Å². The van der Waals surface area contributed by atoms with Crippen molar-refractivity contribution < 1.29 is 9.53 Å². The highest BCUT2D eigenvalue weighted by atomic mass is 16.5. The van der Waals surface area contributed by atoms with E-state index >= 15 is 0 Å². The third kappa shape index (κ3) is 2.08. The largest absolute Gasteiger partial charge is 0.465 e. The highest BCUT2D eigenvalue weighted by molar-refractivity contribution is 5.81. The van der Waals surface area contributed by atoms with Gasteiger partial charge in [-0.05, 0) is 31.6 Å². The maximum Gasteiger partial charge on any atom is 0.326 e. The zero-order chi connectivity index (χ0) is 10.8. The molecule has 0 saturated heterocycles. The quantitative estimate of drug-likeness (QED) is 0.689. The second kappa shape index (κ2) is 4.30. The fourth-order valence-corrected chi connectivity index (χ4v) is 2.22. The smallest absolute Gasteiger partial charge is 0.326 e. The summed E-state index contributed by atoms with van der Waals surface area (Å²) in [4.78, 5) is 11.7. The molecule has 82 valence electrons. The first kappa shape index (κ1) is 11.5. The molecule has 0 bridgehead atoms. The van der Waals surface area contributed by atoms with E-state index in [0.717, 1.165) is 12.8 Å². The Morgan fingerprint density at radius 3 is 2.71 bits per heavy atom. The molecule has 1 aliphatic rings. The van der Waals surface area contributed by atoms with Gasteiger partial charge in [0.05, 0.1) is 6.61 Å². The lowest BCUT2D eigenvalue weighted by Crippen LogP contribution is -2.57. The van der Waals surface area contributed by atoms with E-state index in [-0.39, 0.29) is 11.9 Å². The first-order valence-electron chi connectivity index (χ1n) is 5.46. The van der Waals surface area contributed by atoms with Crippen molar-refractivity contribution in [1.82, 2.24) is 0 Å². The SMILES string of the molecule is CCOC(=O)C1(N)CC(C)CCC1C. The van der Waals surface area contributed by atoms with Crippen molar-refractivity contribution in [1.29, 1.82) is 0 Å². The van der Waals surface area contributed by atoms with Crippen molar-refractivity contribution in [3.8, 4) is 0 Å². The lowest BCUT2D eigenvalue weighted by atomic mass is 9.70. The van der Waals surface area contributed by atoms with E-state index in [1.54, 1.807) is 0 Å². The summed E-state index contributed by atoms with van der Waals surface area (Å²) in [6.07, 6.45) is 2.95. The number of nitrogens with two attached hydrogens (primary N) is 1. The van der Waals surface area contributed by atoms with Crippen molar-refractivity contribution in [2.75, 3.05) is 6.61 Å². The van der Waals surface area contributed by atoms with Crippen LogP contribution in [0, 0.1) is 11.8 Å². The Kier molecular flexibility index (Phi) is 3.53. The Labute approximate surface area is 86.0 Å². The predicted octanol–water partition coefficient (Wildman–Crippen LogP) is 1.70. The average Bonchev–Trinajstić information content (AvgIpc) is 2.12. The molecule has 1 rings (SSSR count). The van der Waals surface area contributed by atoms with Crippen LogP contribution in [0.3, 0.4) is 0 Å². The number of hydrogen-bond acceptors (Lipinski definition) is 3. The third-order valence-electron chi connectivity index (χ3n) is 3.31. The Balaban J connectivity index is 2.72. The molecule has 1 fully saturated rings. The third-order valence-corrected chi connectivity index (χ3v) is 3.31. The minimum atomic E-state index is -0.742. The molecule has 14 heavy (non-hydrogen) atoms. The van der Waals surface area contributed by atoms with E-state index in [4.69, 9.17) is 10.5 Å². The van der Waals surface area contributed by atoms with Crippen LogP contribution in [-0.2, 0) is 9.53 Å². The van der Waals surface area contributed by atoms with Gasteiger partial charge < -0.3 is 10.5 Å². The lowest BCUT2D eigenvalue weighted by molar-refractivity contribution is -0.154. The normalized spacial score (nSPS) is 38.0. The van der Waals surface area contributed by atoms with Crippen LogP contribution in [0.2, 0.25) is 0 Å². The summed E-state index contributed by atoms with van der Waals surface area (Å²) in [5.41, 5.74) is 5.41. The van der Waals surface area contributed by atoms with Crippen molar-refractivity contribution >= 4 is 5.97 Å². The zero-order valence-electron chi connectivity index (χ0n) is 9.38. The summed E-state index contributed by atoms with van der Waals surface area (Å²) in [5, 5.41) is 0. The second-order valence-corrected chi connectivity index (χ2v) is 4.55. The number of ether oxygens (including phenoxy) is 1. The number of esters is 1. The first-order chi connectivity index (χ1) is 6.50. The molecule has 1 saturated carbocycles. The number of carbonyl (C=O) groups is 1. The van der Waals surface area contributed by atoms with E-state index in [0.29, 0.717) is 12.5 Å². The van der Waals surface area contributed by atoms with Crippen LogP contribution in [0.1, 0.15) is 40.0 Å². The number of hydrogen-bond donors (Lipinski definition) is 1. The van der Waals surface area contributed by atoms with Gasteiger partial charge in [-0.25, -0.2) is 0 Å². The fourth-order valence-electron chi connectivity index (χ4n) is 2.22. The van der Waals surface area contributed by atoms with Gasteiger partial charge in [0, 0.05) is 0 Å². The topological polar surface area (TPSA) is 52.3 Å².